The molecule has 1 heterocycles. The van der Waals surface area contributed by atoms with Crippen LogP contribution in [0, 0.1) is 0 Å². The van der Waals surface area contributed by atoms with E-state index in [0.29, 0.717) is 27.3 Å². The van der Waals surface area contributed by atoms with Gasteiger partial charge in [0.05, 0.1) is 24.3 Å². The molecule has 3 rings (SSSR count). The van der Waals surface area contributed by atoms with Crippen molar-refractivity contribution in [3.05, 3.63) is 75.1 Å². The highest BCUT2D eigenvalue weighted by Gasteiger charge is 2.07. The number of methoxy groups -OCH3 is 1. The van der Waals surface area contributed by atoms with Gasteiger partial charge in [-0.25, -0.2) is 5.43 Å². The van der Waals surface area contributed by atoms with Gasteiger partial charge in [-0.15, -0.1) is 0 Å². The molecule has 0 aliphatic heterocycles. The van der Waals surface area contributed by atoms with Crippen molar-refractivity contribution in [3.8, 4) is 5.75 Å². The molecule has 7 heteroatoms. The van der Waals surface area contributed by atoms with Gasteiger partial charge in [-0.1, -0.05) is 17.7 Å². The molecule has 0 aliphatic carbocycles. The number of halogens is 1. The lowest BCUT2D eigenvalue weighted by molar-refractivity contribution is 0.0955. The van der Waals surface area contributed by atoms with Crippen molar-refractivity contribution in [2.24, 2.45) is 5.10 Å². The van der Waals surface area contributed by atoms with Gasteiger partial charge in [-0.05, 0) is 36.4 Å². The number of fused-ring (bicyclic) bond motifs is 1. The molecular weight excluding hydrogens is 344 g/mol. The highest BCUT2D eigenvalue weighted by molar-refractivity contribution is 6.31. The Balaban J connectivity index is 1.80. The molecular formula is C18H13ClN2O4. The van der Waals surface area contributed by atoms with Crippen LogP contribution in [-0.2, 0) is 0 Å². The highest BCUT2D eigenvalue weighted by Crippen LogP contribution is 2.16. The standard InChI is InChI=1S/C18H13ClN2O4/c1-24-14-4-2-3-11(7-14)18(23)21-20-9-12-10-25-16-6-5-13(19)8-15(16)17(12)22/h2-10H,1H3,(H,21,23). The van der Waals surface area contributed by atoms with Crippen molar-refractivity contribution in [2.45, 2.75) is 0 Å². The van der Waals surface area contributed by atoms with E-state index < -0.39 is 5.91 Å². The first-order valence-corrected chi connectivity index (χ1v) is 7.65. The molecule has 25 heavy (non-hydrogen) atoms. The van der Waals surface area contributed by atoms with Crippen molar-refractivity contribution < 1.29 is 13.9 Å². The number of nitrogens with zero attached hydrogens (tertiary/aromatic N) is 1. The number of nitrogens with one attached hydrogen (secondary N) is 1. The van der Waals surface area contributed by atoms with E-state index in [1.54, 1.807) is 36.4 Å². The van der Waals surface area contributed by atoms with E-state index in [-0.39, 0.29) is 11.0 Å². The van der Waals surface area contributed by atoms with Crippen LogP contribution in [-0.4, -0.2) is 19.2 Å². The number of hydrazone groups is 1. The molecule has 0 spiro atoms. The molecule has 3 aromatic rings. The average Bonchev–Trinajstić information content (AvgIpc) is 2.64. The lowest BCUT2D eigenvalue weighted by Gasteiger charge is -2.03. The smallest absolute Gasteiger partial charge is 0.271 e. The van der Waals surface area contributed by atoms with Crippen molar-refractivity contribution >= 4 is 34.7 Å². The first-order valence-electron chi connectivity index (χ1n) is 7.27. The maximum Gasteiger partial charge on any atom is 0.271 e. The van der Waals surface area contributed by atoms with E-state index >= 15 is 0 Å². The lowest BCUT2D eigenvalue weighted by atomic mass is 10.2. The second-order valence-electron chi connectivity index (χ2n) is 5.09. The van der Waals surface area contributed by atoms with Gasteiger partial charge in [-0.3, -0.25) is 9.59 Å². The number of ether oxygens (including phenoxy) is 1. The maximum absolute atomic E-state index is 12.4. The Hall–Kier alpha value is -3.12. The largest absolute Gasteiger partial charge is 0.497 e. The minimum atomic E-state index is -0.427. The average molecular weight is 357 g/mol. The van der Waals surface area contributed by atoms with E-state index in [0.717, 1.165) is 0 Å². The molecule has 0 saturated heterocycles. The van der Waals surface area contributed by atoms with Gasteiger partial charge < -0.3 is 9.15 Å². The third-order valence-electron chi connectivity index (χ3n) is 3.46. The lowest BCUT2D eigenvalue weighted by Crippen LogP contribution is -2.18. The van der Waals surface area contributed by atoms with Gasteiger partial charge in [0.25, 0.3) is 5.91 Å². The van der Waals surface area contributed by atoms with Gasteiger partial charge in [-0.2, -0.15) is 5.10 Å². The molecule has 126 valence electrons. The van der Waals surface area contributed by atoms with E-state index in [1.165, 1.54) is 25.7 Å². The summed E-state index contributed by atoms with van der Waals surface area (Å²) >= 11 is 5.90. The normalized spacial score (nSPS) is 11.0. The number of hydrogen-bond donors (Lipinski definition) is 1. The summed E-state index contributed by atoms with van der Waals surface area (Å²) in [6.07, 6.45) is 2.50. The minimum Gasteiger partial charge on any atom is -0.497 e. The molecule has 0 aliphatic rings. The van der Waals surface area contributed by atoms with Crippen molar-refractivity contribution in [1.82, 2.24) is 5.43 Å². The Labute approximate surface area is 147 Å². The Morgan fingerprint density at radius 2 is 2.12 bits per heavy atom. The van der Waals surface area contributed by atoms with Gasteiger partial charge in [0.15, 0.2) is 0 Å². The van der Waals surface area contributed by atoms with Crippen LogP contribution < -0.4 is 15.6 Å². The molecule has 1 aromatic heterocycles. The Morgan fingerprint density at radius 3 is 2.92 bits per heavy atom. The van der Waals surface area contributed by atoms with Crippen LogP contribution >= 0.6 is 11.6 Å². The van der Waals surface area contributed by atoms with Gasteiger partial charge in [0, 0.05) is 10.6 Å². The van der Waals surface area contributed by atoms with Crippen molar-refractivity contribution in [2.75, 3.05) is 7.11 Å². The van der Waals surface area contributed by atoms with Crippen LogP contribution in [0.2, 0.25) is 5.02 Å². The molecule has 1 N–H and O–H groups in total. The zero-order valence-corrected chi connectivity index (χ0v) is 13.9. The summed E-state index contributed by atoms with van der Waals surface area (Å²) in [5.74, 6) is 0.132. The molecule has 2 aromatic carbocycles. The maximum atomic E-state index is 12.4. The van der Waals surface area contributed by atoms with Crippen molar-refractivity contribution in [3.63, 3.8) is 0 Å². The van der Waals surface area contributed by atoms with Gasteiger partial charge >= 0.3 is 0 Å². The molecule has 0 bridgehead atoms. The Kier molecular flexibility index (Phi) is 4.81. The zero-order valence-electron chi connectivity index (χ0n) is 13.2. The first-order chi connectivity index (χ1) is 12.1. The number of benzene rings is 2. The summed E-state index contributed by atoms with van der Waals surface area (Å²) in [4.78, 5) is 24.4. The summed E-state index contributed by atoms with van der Waals surface area (Å²) < 4.78 is 10.4. The van der Waals surface area contributed by atoms with Crippen LogP contribution in [0.4, 0.5) is 0 Å². The topological polar surface area (TPSA) is 80.9 Å². The first kappa shape index (κ1) is 16.7. The van der Waals surface area contributed by atoms with Crippen molar-refractivity contribution in [1.29, 1.82) is 0 Å². The van der Waals surface area contributed by atoms with Gasteiger partial charge in [0.2, 0.25) is 5.43 Å². The molecule has 0 saturated carbocycles. The van der Waals surface area contributed by atoms with Crippen LogP contribution in [0.3, 0.4) is 0 Å². The second kappa shape index (κ2) is 7.19. The van der Waals surface area contributed by atoms with E-state index in [4.69, 9.17) is 20.8 Å². The molecule has 0 radical (unpaired) electrons. The summed E-state index contributed by atoms with van der Waals surface area (Å²) in [6.45, 7) is 0. The number of rotatable bonds is 4. The van der Waals surface area contributed by atoms with E-state index in [9.17, 15) is 9.59 Å². The minimum absolute atomic E-state index is 0.195. The molecule has 0 unspecified atom stereocenters. The monoisotopic (exact) mass is 356 g/mol. The fourth-order valence-corrected chi connectivity index (χ4v) is 2.37. The quantitative estimate of drug-likeness (QED) is 0.575. The molecule has 6 nitrogen and oxygen atoms in total. The molecule has 1 amide bonds. The number of carbonyl (C=O) groups is 1. The predicted octanol–water partition coefficient (Wildman–Crippen LogP) is 3.22. The summed E-state index contributed by atoms with van der Waals surface area (Å²) in [7, 11) is 1.51. The number of amides is 1. The summed E-state index contributed by atoms with van der Waals surface area (Å²) in [5, 5.41) is 4.58. The second-order valence-corrected chi connectivity index (χ2v) is 5.53. The fraction of sp³-hybridized carbons (Fsp3) is 0.0556. The van der Waals surface area contributed by atoms with Crippen LogP contribution in [0.5, 0.6) is 5.75 Å². The molecule has 0 fully saturated rings. The number of hydrogen-bond acceptors (Lipinski definition) is 5. The Bertz CT molecular complexity index is 1030. The third kappa shape index (κ3) is 3.70. The summed E-state index contributed by atoms with van der Waals surface area (Å²) in [6, 6.07) is 11.4. The summed E-state index contributed by atoms with van der Waals surface area (Å²) in [5.41, 5.74) is 3.07. The van der Waals surface area contributed by atoms with E-state index in [1.807, 2.05) is 0 Å². The predicted molar refractivity (Wildman–Crippen MR) is 95.5 cm³/mol. The van der Waals surface area contributed by atoms with Gasteiger partial charge in [0.1, 0.15) is 17.6 Å². The Morgan fingerprint density at radius 1 is 1.28 bits per heavy atom. The van der Waals surface area contributed by atoms with Crippen LogP contribution in [0.15, 0.2) is 63.0 Å². The zero-order chi connectivity index (χ0) is 17.8. The number of carbonyl (C=O) groups excluding carboxylic acids is 1. The van der Waals surface area contributed by atoms with E-state index in [2.05, 4.69) is 10.5 Å². The third-order valence-corrected chi connectivity index (χ3v) is 3.70. The molecule has 0 atom stereocenters. The highest BCUT2D eigenvalue weighted by atomic mass is 35.5. The van der Waals surface area contributed by atoms with Crippen LogP contribution in [0.1, 0.15) is 15.9 Å². The van der Waals surface area contributed by atoms with Crippen LogP contribution in [0.25, 0.3) is 11.0 Å². The fourth-order valence-electron chi connectivity index (χ4n) is 2.20. The SMILES string of the molecule is COc1cccc(C(=O)NN=Cc2coc3ccc(Cl)cc3c2=O)c1.